The van der Waals surface area contributed by atoms with E-state index in [0.717, 1.165) is 33.6 Å². The predicted octanol–water partition coefficient (Wildman–Crippen LogP) is 6.57. The minimum atomic E-state index is -0.236. The van der Waals surface area contributed by atoms with Crippen LogP contribution in [-0.4, -0.2) is 15.3 Å². The van der Waals surface area contributed by atoms with E-state index in [1.165, 1.54) is 0 Å². The topological polar surface area (TPSA) is 54.2 Å². The van der Waals surface area contributed by atoms with Gasteiger partial charge in [0.2, 0.25) is 5.82 Å². The smallest absolute Gasteiger partial charge is 0.258 e. The van der Waals surface area contributed by atoms with Crippen molar-refractivity contribution in [3.63, 3.8) is 0 Å². The first-order valence-electron chi connectivity index (χ1n) is 10.5. The van der Waals surface area contributed by atoms with Gasteiger partial charge >= 0.3 is 0 Å². The maximum absolute atomic E-state index is 6.27. The lowest BCUT2D eigenvalue weighted by atomic mass is 9.94. The van der Waals surface area contributed by atoms with Crippen molar-refractivity contribution < 1.29 is 4.52 Å². The van der Waals surface area contributed by atoms with E-state index in [1.807, 2.05) is 85.5 Å². The molecular weight excluding hydrogens is 452 g/mol. The van der Waals surface area contributed by atoms with Crippen molar-refractivity contribution in [1.82, 2.24) is 15.5 Å². The minimum absolute atomic E-state index is 0.236. The molecule has 1 atom stereocenters. The zero-order valence-electron chi connectivity index (χ0n) is 18.1. The molecule has 5 nitrogen and oxygen atoms in total. The summed E-state index contributed by atoms with van der Waals surface area (Å²) in [4.78, 5) is 6.72. The van der Waals surface area contributed by atoms with Crippen LogP contribution in [0.3, 0.4) is 0 Å². The Morgan fingerprint density at radius 1 is 0.970 bits per heavy atom. The van der Waals surface area contributed by atoms with Crippen LogP contribution in [-0.2, 0) is 0 Å². The maximum Gasteiger partial charge on any atom is 0.258 e. The van der Waals surface area contributed by atoms with Crippen molar-refractivity contribution in [1.29, 1.82) is 0 Å². The fourth-order valence-electron chi connectivity index (χ4n) is 4.08. The highest BCUT2D eigenvalue weighted by Gasteiger charge is 2.34. The predicted molar refractivity (Wildman–Crippen MR) is 136 cm³/mol. The third-order valence-corrected chi connectivity index (χ3v) is 6.15. The third kappa shape index (κ3) is 4.15. The van der Waals surface area contributed by atoms with Crippen molar-refractivity contribution in [3.05, 3.63) is 107 Å². The summed E-state index contributed by atoms with van der Waals surface area (Å²) in [5.41, 5.74) is 5.71. The van der Waals surface area contributed by atoms with Crippen molar-refractivity contribution in [2.75, 3.05) is 4.90 Å². The van der Waals surface area contributed by atoms with Crippen molar-refractivity contribution in [3.8, 4) is 11.4 Å². The van der Waals surface area contributed by atoms with Crippen LogP contribution in [0.4, 0.5) is 5.69 Å². The Kier molecular flexibility index (Phi) is 5.70. The average Bonchev–Trinajstić information content (AvgIpc) is 3.29. The lowest BCUT2D eigenvalue weighted by molar-refractivity contribution is 0.404. The lowest BCUT2D eigenvalue weighted by Gasteiger charge is -2.37. The Morgan fingerprint density at radius 3 is 2.52 bits per heavy atom. The van der Waals surface area contributed by atoms with E-state index in [1.54, 1.807) is 0 Å². The summed E-state index contributed by atoms with van der Waals surface area (Å²) >= 11 is 12.1. The van der Waals surface area contributed by atoms with Gasteiger partial charge in [0.25, 0.3) is 5.89 Å². The highest BCUT2D eigenvalue weighted by atomic mass is 35.5. The fourth-order valence-corrected chi connectivity index (χ4v) is 4.62. The molecule has 1 aromatic heterocycles. The quantitative estimate of drug-likeness (QED) is 0.339. The average molecular weight is 473 g/mol. The molecule has 0 saturated heterocycles. The Bertz CT molecular complexity index is 1370. The second-order valence-electron chi connectivity index (χ2n) is 7.90. The zero-order chi connectivity index (χ0) is 22.9. The van der Waals surface area contributed by atoms with Gasteiger partial charge in [-0.3, -0.25) is 4.90 Å². The number of hydrogen-bond acceptors (Lipinski definition) is 4. The molecule has 33 heavy (non-hydrogen) atoms. The first kappa shape index (κ1) is 21.4. The lowest BCUT2D eigenvalue weighted by Crippen LogP contribution is -2.46. The number of nitrogens with zero attached hydrogens (tertiary/aromatic N) is 3. The summed E-state index contributed by atoms with van der Waals surface area (Å²) in [7, 11) is 0. The van der Waals surface area contributed by atoms with Crippen LogP contribution >= 0.6 is 23.8 Å². The molecule has 7 heteroatoms. The molecular formula is C26H21ClN4OS. The van der Waals surface area contributed by atoms with Gasteiger partial charge in [-0.1, -0.05) is 76.9 Å². The van der Waals surface area contributed by atoms with Crippen molar-refractivity contribution >= 4 is 40.2 Å². The number of anilines is 1. The molecule has 0 aliphatic carbocycles. The molecule has 0 bridgehead atoms. The van der Waals surface area contributed by atoms with Gasteiger partial charge in [-0.25, -0.2) is 0 Å². The molecule has 4 aromatic rings. The van der Waals surface area contributed by atoms with E-state index >= 15 is 0 Å². The number of thiocarbonyl (C=S) groups is 1. The summed E-state index contributed by atoms with van der Waals surface area (Å²) in [6.45, 7) is 4.05. The Morgan fingerprint density at radius 2 is 1.76 bits per heavy atom. The van der Waals surface area contributed by atoms with Crippen molar-refractivity contribution in [2.45, 2.75) is 19.9 Å². The Labute approximate surface area is 202 Å². The van der Waals surface area contributed by atoms with Crippen LogP contribution in [0.2, 0.25) is 5.02 Å². The summed E-state index contributed by atoms with van der Waals surface area (Å²) in [6.07, 6.45) is 0. The number of aromatic nitrogens is 2. The second kappa shape index (κ2) is 8.81. The van der Waals surface area contributed by atoms with Gasteiger partial charge in [0.1, 0.15) is 0 Å². The second-order valence-corrected chi connectivity index (χ2v) is 8.72. The molecule has 0 radical (unpaired) electrons. The summed E-state index contributed by atoms with van der Waals surface area (Å²) in [5, 5.41) is 8.95. The molecule has 0 saturated carbocycles. The van der Waals surface area contributed by atoms with Gasteiger partial charge in [0.15, 0.2) is 5.11 Å². The maximum atomic E-state index is 6.27. The number of hydrogen-bond donors (Lipinski definition) is 1. The van der Waals surface area contributed by atoms with E-state index in [2.05, 4.69) is 22.6 Å². The monoisotopic (exact) mass is 472 g/mol. The van der Waals surface area contributed by atoms with Gasteiger partial charge in [-0.2, -0.15) is 4.98 Å². The molecule has 1 aliphatic heterocycles. The fraction of sp³-hybridized carbons (Fsp3) is 0.115. The van der Waals surface area contributed by atoms with Crippen LogP contribution < -0.4 is 10.2 Å². The number of aryl methyl sites for hydroxylation is 1. The van der Waals surface area contributed by atoms with E-state index in [0.29, 0.717) is 21.9 Å². The molecule has 1 N–H and O–H groups in total. The number of rotatable bonds is 4. The third-order valence-electron chi connectivity index (χ3n) is 5.62. The molecule has 0 spiro atoms. The summed E-state index contributed by atoms with van der Waals surface area (Å²) in [5.74, 6) is 0.989. The van der Waals surface area contributed by atoms with E-state index in [9.17, 15) is 0 Å². The van der Waals surface area contributed by atoms with Gasteiger partial charge in [0.05, 0.1) is 11.6 Å². The van der Waals surface area contributed by atoms with E-state index in [-0.39, 0.29) is 6.04 Å². The Hall–Kier alpha value is -3.48. The molecule has 2 heterocycles. The number of nitrogens with one attached hydrogen (secondary N) is 1. The number of benzene rings is 3. The largest absolute Gasteiger partial charge is 0.351 e. The van der Waals surface area contributed by atoms with E-state index in [4.69, 9.17) is 33.3 Å². The van der Waals surface area contributed by atoms with Crippen LogP contribution in [0.5, 0.6) is 0 Å². The molecule has 164 valence electrons. The normalized spacial score (nSPS) is 16.2. The first-order valence-corrected chi connectivity index (χ1v) is 11.3. The Balaban J connectivity index is 1.66. The standard InChI is InChI=1S/C26H21ClN4OS/c1-16-8-6-11-19(14-16)24-29-25(32-30-24)22-17(2)31(21-13-7-12-20(27)15-21)26(33)28-23(22)18-9-4-3-5-10-18/h3-15,23H,1-2H3,(H,28,33). The van der Waals surface area contributed by atoms with Crippen molar-refractivity contribution in [2.24, 2.45) is 0 Å². The molecule has 3 aromatic carbocycles. The number of halogens is 1. The van der Waals surface area contributed by atoms with Crippen LogP contribution in [0.1, 0.15) is 30.0 Å². The molecule has 5 rings (SSSR count). The van der Waals surface area contributed by atoms with Gasteiger partial charge in [-0.05, 0) is 55.9 Å². The minimum Gasteiger partial charge on any atom is -0.351 e. The molecule has 1 aliphatic rings. The number of allylic oxidation sites excluding steroid dienone is 1. The van der Waals surface area contributed by atoms with Crippen LogP contribution in [0.25, 0.3) is 17.0 Å². The van der Waals surface area contributed by atoms with Crippen LogP contribution in [0, 0.1) is 6.92 Å². The van der Waals surface area contributed by atoms with Gasteiger partial charge in [0, 0.05) is 22.0 Å². The first-order chi connectivity index (χ1) is 16.0. The van der Waals surface area contributed by atoms with Crippen LogP contribution in [0.15, 0.2) is 89.1 Å². The summed E-state index contributed by atoms with van der Waals surface area (Å²) < 4.78 is 5.81. The SMILES string of the molecule is CC1=C(c2nc(-c3cccc(C)c3)no2)C(c2ccccc2)NC(=S)N1c1cccc(Cl)c1. The molecule has 0 fully saturated rings. The zero-order valence-corrected chi connectivity index (χ0v) is 19.7. The summed E-state index contributed by atoms with van der Waals surface area (Å²) in [6, 6.07) is 25.5. The highest BCUT2D eigenvalue weighted by molar-refractivity contribution is 7.80. The molecule has 0 amide bonds. The van der Waals surface area contributed by atoms with E-state index < -0.39 is 0 Å². The molecule has 1 unspecified atom stereocenters. The van der Waals surface area contributed by atoms with Gasteiger partial charge in [-0.15, -0.1) is 0 Å². The van der Waals surface area contributed by atoms with Gasteiger partial charge < -0.3 is 9.84 Å². The highest BCUT2D eigenvalue weighted by Crippen LogP contribution is 2.39.